The van der Waals surface area contributed by atoms with Crippen molar-refractivity contribution >= 4 is 47.9 Å². The number of nitrogens with zero attached hydrogens (tertiary/aromatic N) is 5. The van der Waals surface area contributed by atoms with Crippen LogP contribution in [-0.4, -0.2) is 54.1 Å². The van der Waals surface area contributed by atoms with Crippen LogP contribution >= 0.6 is 18.7 Å². The lowest BCUT2D eigenvalue weighted by Crippen LogP contribution is -2.34. The van der Waals surface area contributed by atoms with Crippen molar-refractivity contribution in [3.8, 4) is 5.75 Å². The average Bonchev–Trinajstić information content (AvgIpc) is 3.27. The van der Waals surface area contributed by atoms with Crippen LogP contribution in [0.15, 0.2) is 35.0 Å². The first-order valence-corrected chi connectivity index (χ1v) is 13.6. The molecule has 2 aromatic heterocycles. The van der Waals surface area contributed by atoms with Gasteiger partial charge in [0.1, 0.15) is 22.4 Å². The number of anilines is 5. The van der Waals surface area contributed by atoms with Gasteiger partial charge in [0.15, 0.2) is 0 Å². The highest BCUT2D eigenvalue weighted by atomic mass is 35.5. The van der Waals surface area contributed by atoms with Crippen LogP contribution in [0.5, 0.6) is 5.75 Å². The minimum absolute atomic E-state index is 0.148. The van der Waals surface area contributed by atoms with E-state index in [0.29, 0.717) is 23.8 Å². The fourth-order valence-electron chi connectivity index (χ4n) is 3.62. The molecule has 33 heavy (non-hydrogen) atoms. The molecule has 4 rings (SSSR count). The van der Waals surface area contributed by atoms with Gasteiger partial charge in [-0.25, -0.2) is 14.9 Å². The average molecular weight is 491 g/mol. The SMILES string of the molecule is COc1cc(N2CCP(C)(=O)CC2)ccc1N(c1ncc(Cl)c(N)n1)c1ncc(C(C)C)o1. The molecule has 0 atom stereocenters. The van der Waals surface area contributed by atoms with E-state index in [1.807, 2.05) is 38.7 Å². The smallest absolute Gasteiger partial charge is 0.309 e. The summed E-state index contributed by atoms with van der Waals surface area (Å²) in [4.78, 5) is 17.0. The largest absolute Gasteiger partial charge is 0.494 e. The van der Waals surface area contributed by atoms with Crippen molar-refractivity contribution in [1.29, 1.82) is 0 Å². The Kier molecular flexibility index (Phi) is 6.54. The third-order valence-corrected chi connectivity index (χ3v) is 8.27. The van der Waals surface area contributed by atoms with Crippen molar-refractivity contribution < 1.29 is 13.7 Å². The van der Waals surface area contributed by atoms with Crippen LogP contribution in [-0.2, 0) is 4.57 Å². The van der Waals surface area contributed by atoms with Gasteiger partial charge in [-0.2, -0.15) is 4.98 Å². The first-order valence-electron chi connectivity index (χ1n) is 10.7. The summed E-state index contributed by atoms with van der Waals surface area (Å²) in [7, 11) is -0.424. The van der Waals surface area contributed by atoms with E-state index in [2.05, 4.69) is 19.9 Å². The summed E-state index contributed by atoms with van der Waals surface area (Å²) in [6.45, 7) is 7.41. The van der Waals surface area contributed by atoms with Gasteiger partial charge < -0.3 is 24.4 Å². The maximum absolute atomic E-state index is 12.4. The van der Waals surface area contributed by atoms with E-state index in [1.165, 1.54) is 6.20 Å². The molecule has 1 aliphatic heterocycles. The number of benzene rings is 1. The first-order chi connectivity index (χ1) is 15.7. The number of rotatable bonds is 6. The molecule has 3 heterocycles. The van der Waals surface area contributed by atoms with Gasteiger partial charge in [0, 0.05) is 43.1 Å². The zero-order valence-corrected chi connectivity index (χ0v) is 20.8. The third kappa shape index (κ3) is 4.94. The second-order valence-corrected chi connectivity index (χ2v) is 12.4. The van der Waals surface area contributed by atoms with Gasteiger partial charge in [-0.05, 0) is 18.8 Å². The normalized spacial score (nSPS) is 15.6. The van der Waals surface area contributed by atoms with Crippen molar-refractivity contribution in [3.05, 3.63) is 41.4 Å². The molecule has 0 unspecified atom stereocenters. The highest BCUT2D eigenvalue weighted by Crippen LogP contribution is 2.45. The summed E-state index contributed by atoms with van der Waals surface area (Å²) in [6, 6.07) is 6.13. The van der Waals surface area contributed by atoms with Gasteiger partial charge in [-0.3, -0.25) is 0 Å². The summed E-state index contributed by atoms with van der Waals surface area (Å²) >= 11 is 6.05. The van der Waals surface area contributed by atoms with Gasteiger partial charge in [-0.1, -0.05) is 25.4 Å². The molecule has 0 amide bonds. The lowest BCUT2D eigenvalue weighted by atomic mass is 10.2. The van der Waals surface area contributed by atoms with Crippen LogP contribution in [0.3, 0.4) is 0 Å². The predicted octanol–water partition coefficient (Wildman–Crippen LogP) is 5.11. The van der Waals surface area contributed by atoms with E-state index in [-0.39, 0.29) is 28.7 Å². The van der Waals surface area contributed by atoms with Crippen LogP contribution in [0.1, 0.15) is 25.5 Å². The molecule has 0 saturated carbocycles. The monoisotopic (exact) mass is 490 g/mol. The minimum atomic E-state index is -2.02. The standard InChI is InChI=1S/C22H28ClN6O3P/c1-14(2)19-13-26-22(32-19)29(21-25-12-16(23)20(24)27-21)17-6-5-15(11-18(17)31-3)28-7-9-33(4,30)10-8-28/h5-6,11-14H,7-10H2,1-4H3,(H2,24,25,27). The zero-order valence-electron chi connectivity index (χ0n) is 19.2. The Hall–Kier alpha value is -2.77. The maximum atomic E-state index is 12.4. The highest BCUT2D eigenvalue weighted by Gasteiger charge is 2.28. The molecule has 2 N–H and O–H groups in total. The Morgan fingerprint density at radius 3 is 2.58 bits per heavy atom. The Labute approximate surface area is 198 Å². The lowest BCUT2D eigenvalue weighted by molar-refractivity contribution is 0.414. The van der Waals surface area contributed by atoms with E-state index < -0.39 is 7.14 Å². The van der Waals surface area contributed by atoms with Gasteiger partial charge in [0.05, 0.1) is 32.3 Å². The Bertz CT molecular complexity index is 1190. The number of halogens is 1. The van der Waals surface area contributed by atoms with Gasteiger partial charge in [0.25, 0.3) is 0 Å². The predicted molar refractivity (Wildman–Crippen MR) is 132 cm³/mol. The van der Waals surface area contributed by atoms with Gasteiger partial charge in [-0.15, -0.1) is 0 Å². The molecule has 11 heteroatoms. The van der Waals surface area contributed by atoms with E-state index >= 15 is 0 Å². The fourth-order valence-corrected chi connectivity index (χ4v) is 5.26. The van der Waals surface area contributed by atoms with Crippen LogP contribution in [0.25, 0.3) is 0 Å². The first kappa shape index (κ1) is 23.4. The highest BCUT2D eigenvalue weighted by molar-refractivity contribution is 7.63. The maximum Gasteiger partial charge on any atom is 0.309 e. The quantitative estimate of drug-likeness (QED) is 0.471. The fraction of sp³-hybridized carbons (Fsp3) is 0.409. The van der Waals surface area contributed by atoms with Gasteiger partial charge in [0.2, 0.25) is 5.95 Å². The second-order valence-electron chi connectivity index (χ2n) is 8.53. The van der Waals surface area contributed by atoms with Crippen LogP contribution in [0, 0.1) is 0 Å². The number of nitrogens with two attached hydrogens (primary N) is 1. The van der Waals surface area contributed by atoms with Crippen molar-refractivity contribution in [2.45, 2.75) is 19.8 Å². The summed E-state index contributed by atoms with van der Waals surface area (Å²) in [6.07, 6.45) is 4.53. The third-order valence-electron chi connectivity index (χ3n) is 5.69. The number of methoxy groups -OCH3 is 1. The van der Waals surface area contributed by atoms with Gasteiger partial charge >= 0.3 is 6.01 Å². The molecule has 1 saturated heterocycles. The summed E-state index contributed by atoms with van der Waals surface area (Å²) in [5, 5.41) is 0.259. The summed E-state index contributed by atoms with van der Waals surface area (Å²) < 4.78 is 24.1. The van der Waals surface area contributed by atoms with Crippen LogP contribution in [0.4, 0.5) is 29.2 Å². The number of nitrogen functional groups attached to an aromatic ring is 1. The number of oxazole rings is 1. The molecule has 9 nitrogen and oxygen atoms in total. The van der Waals surface area contributed by atoms with Crippen molar-refractivity contribution in [2.75, 3.05) is 54.7 Å². The second kappa shape index (κ2) is 9.23. The molecular formula is C22H28ClN6O3P. The number of hydrogen-bond donors (Lipinski definition) is 1. The van der Waals surface area contributed by atoms with E-state index in [1.54, 1.807) is 18.2 Å². The van der Waals surface area contributed by atoms with Crippen LogP contribution < -0.4 is 20.3 Å². The molecule has 3 aromatic rings. The van der Waals surface area contributed by atoms with Crippen molar-refractivity contribution in [2.24, 2.45) is 0 Å². The molecule has 1 aliphatic rings. The molecule has 1 fully saturated rings. The van der Waals surface area contributed by atoms with E-state index in [4.69, 9.17) is 26.5 Å². The number of hydrogen-bond acceptors (Lipinski definition) is 9. The van der Waals surface area contributed by atoms with E-state index in [9.17, 15) is 4.57 Å². The van der Waals surface area contributed by atoms with Crippen LogP contribution in [0.2, 0.25) is 5.02 Å². The molecule has 1 aromatic carbocycles. The Morgan fingerprint density at radius 2 is 1.97 bits per heavy atom. The topological polar surface area (TPSA) is 111 Å². The Balaban J connectivity index is 1.77. The Morgan fingerprint density at radius 1 is 1.24 bits per heavy atom. The van der Waals surface area contributed by atoms with Crippen molar-refractivity contribution in [1.82, 2.24) is 15.0 Å². The molecule has 176 valence electrons. The number of ether oxygens (including phenoxy) is 1. The molecule has 0 radical (unpaired) electrons. The molecular weight excluding hydrogens is 463 g/mol. The van der Waals surface area contributed by atoms with Crippen molar-refractivity contribution in [3.63, 3.8) is 0 Å². The molecule has 0 aliphatic carbocycles. The molecule has 0 bridgehead atoms. The summed E-state index contributed by atoms with van der Waals surface area (Å²) in [5.74, 6) is 1.87. The van der Waals surface area contributed by atoms with E-state index in [0.717, 1.165) is 24.5 Å². The minimum Gasteiger partial charge on any atom is -0.494 e. The zero-order chi connectivity index (χ0) is 23.8. The summed E-state index contributed by atoms with van der Waals surface area (Å²) in [5.41, 5.74) is 7.59. The lowest BCUT2D eigenvalue weighted by Gasteiger charge is -2.33. The molecule has 0 spiro atoms. The number of aromatic nitrogens is 3.